The number of aromatic nitrogens is 2. The number of rotatable bonds is 8. The molecule has 1 atom stereocenters. The van der Waals surface area contributed by atoms with Crippen LogP contribution in [-0.2, 0) is 30.7 Å². The van der Waals surface area contributed by atoms with Gasteiger partial charge in [0.25, 0.3) is 0 Å². The maximum atomic E-state index is 13.1. The third kappa shape index (κ3) is 5.88. The molecule has 1 amide bonds. The van der Waals surface area contributed by atoms with Crippen LogP contribution in [0.3, 0.4) is 0 Å². The minimum atomic E-state index is -3.70. The number of piperazine rings is 1. The number of hydrogen-bond acceptors (Lipinski definition) is 7. The third-order valence-electron chi connectivity index (χ3n) is 6.56. The number of sulfone groups is 1. The summed E-state index contributed by atoms with van der Waals surface area (Å²) in [4.78, 5) is 33.5. The van der Waals surface area contributed by atoms with Crippen molar-refractivity contribution in [3.63, 3.8) is 0 Å². The van der Waals surface area contributed by atoms with Gasteiger partial charge >= 0.3 is 5.97 Å². The second-order valence-corrected chi connectivity index (χ2v) is 11.4. The van der Waals surface area contributed by atoms with Gasteiger partial charge in [0.15, 0.2) is 9.84 Å². The van der Waals surface area contributed by atoms with Gasteiger partial charge in [0.2, 0.25) is 5.91 Å². The van der Waals surface area contributed by atoms with Crippen molar-refractivity contribution < 1.29 is 22.7 Å². The van der Waals surface area contributed by atoms with Crippen LogP contribution in [0.5, 0.6) is 0 Å². The summed E-state index contributed by atoms with van der Waals surface area (Å²) in [7, 11) is -2.42. The quantitative estimate of drug-likeness (QED) is 0.411. The number of fused-ring (bicyclic) bond motifs is 1. The van der Waals surface area contributed by atoms with Crippen LogP contribution in [0.15, 0.2) is 53.7 Å². The Bertz CT molecular complexity index is 1370. The SMILES string of the molecule is COC(=O)C1CN(CCn2ccnc2C)CCN1C(=O)CCS(=O)(=O)c1ccc2cc(Cl)ccc2c1. The van der Waals surface area contributed by atoms with E-state index in [1.807, 2.05) is 17.7 Å². The molecule has 11 heteroatoms. The van der Waals surface area contributed by atoms with Crippen molar-refractivity contribution in [3.05, 3.63) is 59.6 Å². The normalized spacial score (nSPS) is 16.9. The highest BCUT2D eigenvalue weighted by Crippen LogP contribution is 2.24. The minimum Gasteiger partial charge on any atom is -0.467 e. The second kappa shape index (κ2) is 11.0. The van der Waals surface area contributed by atoms with Gasteiger partial charge in [0.1, 0.15) is 11.9 Å². The molecule has 3 aromatic rings. The van der Waals surface area contributed by atoms with Gasteiger partial charge in [0.05, 0.1) is 17.8 Å². The van der Waals surface area contributed by atoms with Crippen LogP contribution in [0.1, 0.15) is 12.2 Å². The lowest BCUT2D eigenvalue weighted by Gasteiger charge is -2.40. The lowest BCUT2D eigenvalue weighted by atomic mass is 10.1. The molecule has 2 aromatic carbocycles. The molecule has 4 rings (SSSR count). The van der Waals surface area contributed by atoms with Crippen molar-refractivity contribution in [3.8, 4) is 0 Å². The van der Waals surface area contributed by atoms with E-state index < -0.39 is 21.8 Å². The average Bonchev–Trinajstić information content (AvgIpc) is 3.29. The van der Waals surface area contributed by atoms with Gasteiger partial charge in [-0.15, -0.1) is 0 Å². The first-order chi connectivity index (χ1) is 17.2. The molecule has 0 radical (unpaired) electrons. The number of benzene rings is 2. The van der Waals surface area contributed by atoms with Crippen molar-refractivity contribution in [1.82, 2.24) is 19.4 Å². The molecule has 1 aromatic heterocycles. The Labute approximate surface area is 215 Å². The molecule has 2 heterocycles. The summed E-state index contributed by atoms with van der Waals surface area (Å²) in [5.41, 5.74) is 0. The van der Waals surface area contributed by atoms with E-state index >= 15 is 0 Å². The number of esters is 1. The number of carbonyl (C=O) groups excluding carboxylic acids is 2. The molecule has 1 saturated heterocycles. The summed E-state index contributed by atoms with van der Waals surface area (Å²) in [5.74, 6) is -0.335. The van der Waals surface area contributed by atoms with Crippen LogP contribution >= 0.6 is 11.6 Å². The number of ether oxygens (including phenoxy) is 1. The first-order valence-corrected chi connectivity index (χ1v) is 13.7. The average molecular weight is 533 g/mol. The molecule has 0 N–H and O–H groups in total. The topological polar surface area (TPSA) is 102 Å². The van der Waals surface area contributed by atoms with Crippen molar-refractivity contribution in [2.45, 2.75) is 30.8 Å². The molecule has 192 valence electrons. The Hall–Kier alpha value is -2.95. The first-order valence-electron chi connectivity index (χ1n) is 11.7. The summed E-state index contributed by atoms with van der Waals surface area (Å²) in [6.07, 6.45) is 3.42. The molecular formula is C25H29ClN4O5S. The maximum Gasteiger partial charge on any atom is 0.329 e. The Morgan fingerprint density at radius 3 is 2.58 bits per heavy atom. The standard InChI is InChI=1S/C25H29ClN4O5S/c1-18-27-8-9-29(18)12-10-28-11-13-30(23(17-28)25(32)35-2)24(31)7-14-36(33,34)22-6-4-19-15-21(26)5-3-20(19)16-22/h3-6,8-9,15-16,23H,7,10-14,17H2,1-2H3. The zero-order chi connectivity index (χ0) is 25.9. The predicted octanol–water partition coefficient (Wildman–Crippen LogP) is 2.55. The number of carbonyl (C=O) groups is 2. The molecular weight excluding hydrogens is 504 g/mol. The van der Waals surface area contributed by atoms with Gasteiger partial charge in [-0.3, -0.25) is 9.69 Å². The fourth-order valence-electron chi connectivity index (χ4n) is 4.44. The Morgan fingerprint density at radius 1 is 1.11 bits per heavy atom. The summed E-state index contributed by atoms with van der Waals surface area (Å²) in [5, 5.41) is 2.15. The zero-order valence-electron chi connectivity index (χ0n) is 20.3. The molecule has 0 aliphatic carbocycles. The van der Waals surface area contributed by atoms with E-state index in [2.05, 4.69) is 9.88 Å². The highest BCUT2D eigenvalue weighted by atomic mass is 35.5. The second-order valence-electron chi connectivity index (χ2n) is 8.82. The van der Waals surface area contributed by atoms with Gasteiger partial charge < -0.3 is 14.2 Å². The summed E-state index contributed by atoms with van der Waals surface area (Å²) in [6, 6.07) is 9.25. The molecule has 1 aliphatic heterocycles. The minimum absolute atomic E-state index is 0.147. The number of halogens is 1. The van der Waals surface area contributed by atoms with Crippen molar-refractivity contribution in [1.29, 1.82) is 0 Å². The monoisotopic (exact) mass is 532 g/mol. The highest BCUT2D eigenvalue weighted by Gasteiger charge is 2.36. The number of methoxy groups -OCH3 is 1. The van der Waals surface area contributed by atoms with E-state index in [0.717, 1.165) is 16.6 Å². The van der Waals surface area contributed by atoms with Gasteiger partial charge in [-0.2, -0.15) is 0 Å². The number of nitrogens with zero attached hydrogens (tertiary/aromatic N) is 4. The third-order valence-corrected chi connectivity index (χ3v) is 8.51. The fraction of sp³-hybridized carbons (Fsp3) is 0.400. The Morgan fingerprint density at radius 2 is 1.86 bits per heavy atom. The van der Waals surface area contributed by atoms with E-state index in [1.54, 1.807) is 36.5 Å². The predicted molar refractivity (Wildman–Crippen MR) is 137 cm³/mol. The lowest BCUT2D eigenvalue weighted by Crippen LogP contribution is -2.59. The number of hydrogen-bond donors (Lipinski definition) is 0. The Balaban J connectivity index is 1.40. The number of imidazole rings is 1. The van der Waals surface area contributed by atoms with Crippen molar-refractivity contribution in [2.75, 3.05) is 39.0 Å². The van der Waals surface area contributed by atoms with E-state index in [4.69, 9.17) is 16.3 Å². The number of aryl methyl sites for hydroxylation is 1. The van der Waals surface area contributed by atoms with Crippen LogP contribution in [0, 0.1) is 6.92 Å². The van der Waals surface area contributed by atoms with E-state index in [1.165, 1.54) is 18.1 Å². The molecule has 1 unspecified atom stereocenters. The van der Waals surface area contributed by atoms with Crippen LogP contribution in [0.25, 0.3) is 10.8 Å². The van der Waals surface area contributed by atoms with Crippen LogP contribution in [-0.4, -0.2) is 84.7 Å². The van der Waals surface area contributed by atoms with Gasteiger partial charge in [-0.1, -0.05) is 23.7 Å². The first kappa shape index (κ1) is 26.1. The van der Waals surface area contributed by atoms with Crippen molar-refractivity contribution in [2.24, 2.45) is 0 Å². The molecule has 1 fully saturated rings. The maximum absolute atomic E-state index is 13.1. The molecule has 0 saturated carbocycles. The van der Waals surface area contributed by atoms with Gasteiger partial charge in [-0.05, 0) is 42.0 Å². The molecule has 36 heavy (non-hydrogen) atoms. The van der Waals surface area contributed by atoms with Crippen LogP contribution in [0.4, 0.5) is 0 Å². The van der Waals surface area contributed by atoms with Crippen molar-refractivity contribution >= 4 is 44.1 Å². The summed E-state index contributed by atoms with van der Waals surface area (Å²) >= 11 is 6.01. The highest BCUT2D eigenvalue weighted by molar-refractivity contribution is 7.91. The van der Waals surface area contributed by atoms with E-state index in [0.29, 0.717) is 37.7 Å². The van der Waals surface area contributed by atoms with E-state index in [-0.39, 0.29) is 23.0 Å². The molecule has 9 nitrogen and oxygen atoms in total. The van der Waals surface area contributed by atoms with Gasteiger partial charge in [0, 0.05) is 56.6 Å². The largest absolute Gasteiger partial charge is 0.467 e. The Kier molecular flexibility index (Phi) is 7.97. The van der Waals surface area contributed by atoms with Crippen LogP contribution in [0.2, 0.25) is 5.02 Å². The van der Waals surface area contributed by atoms with Gasteiger partial charge in [-0.25, -0.2) is 18.2 Å². The van der Waals surface area contributed by atoms with Crippen LogP contribution < -0.4 is 0 Å². The summed E-state index contributed by atoms with van der Waals surface area (Å²) in [6.45, 7) is 4.55. The fourth-order valence-corrected chi connectivity index (χ4v) is 5.88. The summed E-state index contributed by atoms with van der Waals surface area (Å²) < 4.78 is 32.9. The van der Waals surface area contributed by atoms with E-state index in [9.17, 15) is 18.0 Å². The smallest absolute Gasteiger partial charge is 0.329 e. The lowest BCUT2D eigenvalue weighted by molar-refractivity contribution is -0.156. The molecule has 1 aliphatic rings. The number of amides is 1. The zero-order valence-corrected chi connectivity index (χ0v) is 21.8. The molecule has 0 spiro atoms. The molecule has 0 bridgehead atoms.